The van der Waals surface area contributed by atoms with Gasteiger partial charge in [-0.15, -0.1) is 19.3 Å². The summed E-state index contributed by atoms with van der Waals surface area (Å²) in [5, 5.41) is 24.0. The van der Waals surface area contributed by atoms with E-state index in [1.807, 2.05) is 12.1 Å². The topological polar surface area (TPSA) is 147 Å². The van der Waals surface area contributed by atoms with Gasteiger partial charge in [-0.2, -0.15) is 0 Å². The number of unbranched alkanes of at least 4 members (excludes halogenated alkanes) is 9. The fourth-order valence-corrected chi connectivity index (χ4v) is 4.26. The van der Waals surface area contributed by atoms with Crippen LogP contribution in [0.2, 0.25) is 0 Å². The molecule has 1 aromatic carbocycles. The second kappa shape index (κ2) is 28.8. The van der Waals surface area contributed by atoms with Gasteiger partial charge in [0, 0.05) is 15.4 Å². The number of aliphatic hydroxyl groups excluding tert-OH is 2. The third-order valence-electron chi connectivity index (χ3n) is 6.60. The summed E-state index contributed by atoms with van der Waals surface area (Å²) >= 11 is 0. The summed E-state index contributed by atoms with van der Waals surface area (Å²) in [5.74, 6) is 9.11. The van der Waals surface area contributed by atoms with Crippen LogP contribution in [0.4, 0.5) is 0 Å². The van der Waals surface area contributed by atoms with Crippen LogP contribution in [0.5, 0.6) is 5.75 Å². The molecule has 236 valence electrons. The third kappa shape index (κ3) is 22.0. The Balaban J connectivity index is 0. The smallest absolute Gasteiger partial charge is 0.142 e. The molecule has 1 rings (SSSR count). The van der Waals surface area contributed by atoms with Crippen LogP contribution in [0.1, 0.15) is 76.7 Å². The van der Waals surface area contributed by atoms with Crippen LogP contribution in [-0.2, 0) is 6.54 Å². The van der Waals surface area contributed by atoms with Gasteiger partial charge < -0.3 is 31.9 Å². The largest absolute Gasteiger partial charge is 1.00 e. The first-order valence-electron chi connectivity index (χ1n) is 14.7. The van der Waals surface area contributed by atoms with Gasteiger partial charge in [-0.25, -0.2) is 0 Å². The average molecular weight is 659 g/mol. The predicted octanol–water partition coefficient (Wildman–Crippen LogP) is 3.54. The van der Waals surface area contributed by atoms with E-state index in [-0.39, 0.29) is 30.1 Å². The maximum atomic E-state index is 8.98. The SMILES string of the molecule is C#CC[N+](CC#C)(CC#C)Cc1ccc(OCCCCCCCCCCCC)cc1.[Br-].[N-]=[N+]=NCC(O)C(O)CN=[N+]=[N-]. The van der Waals surface area contributed by atoms with E-state index >= 15 is 0 Å². The van der Waals surface area contributed by atoms with Crippen LogP contribution < -0.4 is 21.7 Å². The Morgan fingerprint density at radius 2 is 1.19 bits per heavy atom. The Morgan fingerprint density at radius 1 is 0.767 bits per heavy atom. The molecule has 0 aromatic heterocycles. The highest BCUT2D eigenvalue weighted by Gasteiger charge is 2.25. The number of nitrogens with zero attached hydrogens (tertiary/aromatic N) is 7. The number of terminal acetylenes is 3. The summed E-state index contributed by atoms with van der Waals surface area (Å²) in [4.78, 5) is 4.78. The minimum absolute atomic E-state index is 0. The molecule has 0 saturated heterocycles. The standard InChI is InChI=1S/C28H40NO.C4H8N6O2.BrH/c1-5-9-10-11-12-13-14-15-16-17-25-30-28-20-18-27(19-21-28)26-29(22-6-2,23-7-3)24-8-4;5-9-7-1-3(11)4(12)2-8-10-6;/h2-4,18-21H,5,9-17,22-26H2,1H3;3-4,11-12H,1-2H2;1H/q+1;;/p-1. The van der Waals surface area contributed by atoms with Crippen molar-refractivity contribution >= 4 is 0 Å². The van der Waals surface area contributed by atoms with Gasteiger partial charge in [0.2, 0.25) is 0 Å². The molecule has 43 heavy (non-hydrogen) atoms. The zero-order valence-electron chi connectivity index (χ0n) is 25.5. The number of rotatable bonds is 22. The first-order chi connectivity index (χ1) is 20.4. The van der Waals surface area contributed by atoms with Crippen molar-refractivity contribution in [2.75, 3.05) is 39.3 Å². The maximum Gasteiger partial charge on any atom is 0.142 e. The molecule has 10 nitrogen and oxygen atoms in total. The maximum absolute atomic E-state index is 8.98. The molecular formula is C32H48BrN7O3. The Morgan fingerprint density at radius 3 is 1.58 bits per heavy atom. The lowest BCUT2D eigenvalue weighted by molar-refractivity contribution is -0.921. The lowest BCUT2D eigenvalue weighted by atomic mass is 10.1. The lowest BCUT2D eigenvalue weighted by Gasteiger charge is -2.33. The summed E-state index contributed by atoms with van der Waals surface area (Å²) < 4.78 is 6.43. The van der Waals surface area contributed by atoms with E-state index in [0.717, 1.165) is 25.3 Å². The van der Waals surface area contributed by atoms with E-state index in [1.54, 1.807) is 0 Å². The predicted molar refractivity (Wildman–Crippen MR) is 169 cm³/mol. The fourth-order valence-electron chi connectivity index (χ4n) is 4.26. The molecule has 2 atom stereocenters. The molecule has 2 N–H and O–H groups in total. The second-order valence-electron chi connectivity index (χ2n) is 10.2. The van der Waals surface area contributed by atoms with Gasteiger partial charge in [0.1, 0.15) is 31.9 Å². The van der Waals surface area contributed by atoms with Gasteiger partial charge >= 0.3 is 0 Å². The number of hydrogen-bond acceptors (Lipinski definition) is 5. The summed E-state index contributed by atoms with van der Waals surface area (Å²) in [5.41, 5.74) is 16.9. The van der Waals surface area contributed by atoms with Crippen LogP contribution in [0.25, 0.3) is 20.9 Å². The number of ether oxygens (including phenoxy) is 1. The first-order valence-corrected chi connectivity index (χ1v) is 14.7. The summed E-state index contributed by atoms with van der Waals surface area (Å²) in [7, 11) is 0. The molecule has 2 unspecified atom stereocenters. The van der Waals surface area contributed by atoms with E-state index in [4.69, 9.17) is 45.3 Å². The van der Waals surface area contributed by atoms with E-state index in [0.29, 0.717) is 24.1 Å². The molecule has 0 fully saturated rings. The number of halogens is 1. The van der Waals surface area contributed by atoms with Crippen molar-refractivity contribution in [1.82, 2.24) is 0 Å². The highest BCUT2D eigenvalue weighted by atomic mass is 79.9. The Labute approximate surface area is 268 Å². The molecule has 0 aliphatic carbocycles. The van der Waals surface area contributed by atoms with Gasteiger partial charge in [-0.1, -0.05) is 74.9 Å². The molecule has 0 spiro atoms. The van der Waals surface area contributed by atoms with Crippen molar-refractivity contribution in [2.24, 2.45) is 10.2 Å². The van der Waals surface area contributed by atoms with Gasteiger partial charge in [0.25, 0.3) is 0 Å². The number of hydrogen-bond donors (Lipinski definition) is 2. The quantitative estimate of drug-likeness (QED) is 0.0491. The number of quaternary nitrogens is 1. The summed E-state index contributed by atoms with van der Waals surface area (Å²) in [6.07, 6.45) is 27.6. The minimum atomic E-state index is -1.19. The number of azide groups is 2. The van der Waals surface area contributed by atoms with E-state index in [1.165, 1.54) is 63.4 Å². The second-order valence-corrected chi connectivity index (χ2v) is 10.2. The number of benzene rings is 1. The van der Waals surface area contributed by atoms with Gasteiger partial charge in [-0.05, 0) is 59.5 Å². The fraction of sp³-hybridized carbons (Fsp3) is 0.625. The highest BCUT2D eigenvalue weighted by Crippen LogP contribution is 2.18. The van der Waals surface area contributed by atoms with Crippen molar-refractivity contribution < 1.29 is 36.4 Å². The van der Waals surface area contributed by atoms with E-state index in [9.17, 15) is 0 Å². The van der Waals surface area contributed by atoms with E-state index < -0.39 is 12.2 Å². The monoisotopic (exact) mass is 657 g/mol. The first kappa shape index (κ1) is 41.8. The molecule has 0 aliphatic heterocycles. The normalized spacial score (nSPS) is 11.3. The van der Waals surface area contributed by atoms with Crippen molar-refractivity contribution in [3.8, 4) is 42.8 Å². The van der Waals surface area contributed by atoms with Crippen molar-refractivity contribution in [3.63, 3.8) is 0 Å². The van der Waals surface area contributed by atoms with Crippen molar-refractivity contribution in [2.45, 2.75) is 89.9 Å². The van der Waals surface area contributed by atoms with Crippen LogP contribution in [0, 0.1) is 37.0 Å². The molecule has 11 heteroatoms. The Bertz CT molecular complexity index is 1000. The van der Waals surface area contributed by atoms with Gasteiger partial charge in [0.05, 0.1) is 31.9 Å². The number of aliphatic hydroxyl groups is 2. The third-order valence-corrected chi connectivity index (χ3v) is 6.60. The Kier molecular flexibility index (Phi) is 28.0. The summed E-state index contributed by atoms with van der Waals surface area (Å²) in [6.45, 7) is 4.90. The molecule has 0 bridgehead atoms. The minimum Gasteiger partial charge on any atom is -1.00 e. The zero-order chi connectivity index (χ0) is 31.3. The summed E-state index contributed by atoms with van der Waals surface area (Å²) in [6, 6.07) is 8.23. The van der Waals surface area contributed by atoms with Crippen molar-refractivity contribution in [3.05, 3.63) is 50.7 Å². The molecule has 1 aromatic rings. The highest BCUT2D eigenvalue weighted by molar-refractivity contribution is 5.27. The zero-order valence-corrected chi connectivity index (χ0v) is 27.1. The molecular weight excluding hydrogens is 610 g/mol. The lowest BCUT2D eigenvalue weighted by Crippen LogP contribution is -3.00. The molecule has 0 saturated carbocycles. The van der Waals surface area contributed by atoms with Crippen LogP contribution >= 0.6 is 0 Å². The molecule has 0 heterocycles. The van der Waals surface area contributed by atoms with E-state index in [2.05, 4.69) is 56.9 Å². The molecule has 0 radical (unpaired) electrons. The van der Waals surface area contributed by atoms with Crippen LogP contribution in [0.3, 0.4) is 0 Å². The molecule has 0 amide bonds. The average Bonchev–Trinajstić information content (AvgIpc) is 2.99. The van der Waals surface area contributed by atoms with Crippen LogP contribution in [0.15, 0.2) is 34.5 Å². The Hall–Kier alpha value is -3.32. The van der Waals surface area contributed by atoms with Gasteiger partial charge in [0.15, 0.2) is 0 Å². The van der Waals surface area contributed by atoms with Crippen molar-refractivity contribution in [1.29, 1.82) is 0 Å². The molecule has 0 aliphatic rings. The van der Waals surface area contributed by atoms with Gasteiger partial charge in [-0.3, -0.25) is 4.48 Å². The van der Waals surface area contributed by atoms with Crippen LogP contribution in [-0.4, -0.2) is 66.2 Å².